The summed E-state index contributed by atoms with van der Waals surface area (Å²) in [5.41, 5.74) is 2.80. The summed E-state index contributed by atoms with van der Waals surface area (Å²) >= 11 is 0. The maximum atomic E-state index is 14.5. The van der Waals surface area contributed by atoms with E-state index in [4.69, 9.17) is 23.7 Å². The lowest BCUT2D eigenvalue weighted by molar-refractivity contribution is -0.146. The first-order valence-electron chi connectivity index (χ1n) is 11.6. The Bertz CT molecular complexity index is 1340. The Labute approximate surface area is 206 Å². The van der Waals surface area contributed by atoms with Crippen LogP contribution < -0.4 is 9.47 Å². The highest BCUT2D eigenvalue weighted by Gasteiger charge is 2.33. The van der Waals surface area contributed by atoms with Gasteiger partial charge in [-0.15, -0.1) is 0 Å². The van der Waals surface area contributed by atoms with Gasteiger partial charge >= 0.3 is 5.97 Å². The van der Waals surface area contributed by atoms with Gasteiger partial charge in [0.05, 0.1) is 13.2 Å². The van der Waals surface area contributed by atoms with Gasteiger partial charge < -0.3 is 23.7 Å². The zero-order valence-corrected chi connectivity index (χ0v) is 19.6. The van der Waals surface area contributed by atoms with Gasteiger partial charge in [-0.1, -0.05) is 42.5 Å². The van der Waals surface area contributed by atoms with Crippen molar-refractivity contribution in [2.45, 2.75) is 37.6 Å². The molecule has 186 valence electrons. The molecule has 0 amide bonds. The van der Waals surface area contributed by atoms with Crippen LogP contribution in [0.2, 0.25) is 0 Å². The van der Waals surface area contributed by atoms with Crippen LogP contribution in [0.25, 0.3) is 33.6 Å². The van der Waals surface area contributed by atoms with Gasteiger partial charge in [0.2, 0.25) is 11.6 Å². The van der Waals surface area contributed by atoms with E-state index >= 15 is 0 Å². The number of benzene rings is 2. The van der Waals surface area contributed by atoms with Crippen molar-refractivity contribution in [2.24, 2.45) is 0 Å². The van der Waals surface area contributed by atoms with Crippen molar-refractivity contribution in [3.05, 3.63) is 60.9 Å². The molecule has 2 aromatic heterocycles. The van der Waals surface area contributed by atoms with E-state index in [1.807, 2.05) is 54.6 Å². The Morgan fingerprint density at radius 3 is 2.50 bits per heavy atom. The number of aliphatic carboxylic acids is 1. The minimum absolute atomic E-state index is 0.132. The van der Waals surface area contributed by atoms with Crippen LogP contribution in [-0.2, 0) is 9.53 Å². The van der Waals surface area contributed by atoms with Gasteiger partial charge in [0, 0.05) is 30.4 Å². The average molecular weight is 493 g/mol. The molecule has 2 heterocycles. The minimum Gasteiger partial charge on any atom is -0.497 e. The summed E-state index contributed by atoms with van der Waals surface area (Å²) in [6.45, 7) is -0.481. The number of fused-ring (bicyclic) bond motifs is 1. The molecule has 2 aromatic carbocycles. The number of ether oxygens (including phenoxy) is 3. The fraction of sp³-hybridized carbons (Fsp3) is 0.296. The summed E-state index contributed by atoms with van der Waals surface area (Å²) in [5, 5.41) is 9.49. The Morgan fingerprint density at radius 1 is 1.03 bits per heavy atom. The van der Waals surface area contributed by atoms with Crippen LogP contribution in [0.1, 0.15) is 19.3 Å². The highest BCUT2D eigenvalue weighted by molar-refractivity contribution is 6.03. The normalized spacial score (nSPS) is 19.8. The number of aromatic nitrogens is 2. The number of methoxy groups -OCH3 is 1. The number of rotatable bonds is 8. The van der Waals surface area contributed by atoms with Crippen LogP contribution in [-0.4, -0.2) is 53.1 Å². The maximum absolute atomic E-state index is 14.5. The molecule has 0 bridgehead atoms. The molecule has 3 unspecified atom stereocenters. The molecule has 1 N–H and O–H groups in total. The second-order valence-electron chi connectivity index (χ2n) is 8.63. The Balaban J connectivity index is 1.56. The fourth-order valence-electron chi connectivity index (χ4n) is 4.55. The molecule has 1 aliphatic rings. The second-order valence-corrected chi connectivity index (χ2v) is 8.63. The third-order valence-corrected chi connectivity index (χ3v) is 6.15. The lowest BCUT2D eigenvalue weighted by atomic mass is 9.93. The third-order valence-electron chi connectivity index (χ3n) is 6.15. The first kappa shape index (κ1) is 23.7. The Kier molecular flexibility index (Phi) is 6.81. The van der Waals surface area contributed by atoms with Crippen molar-refractivity contribution >= 4 is 17.1 Å². The van der Waals surface area contributed by atoms with Crippen molar-refractivity contribution in [3.63, 3.8) is 0 Å². The molecule has 9 heteroatoms. The molecule has 0 saturated heterocycles. The predicted octanol–water partition coefficient (Wildman–Crippen LogP) is 5.30. The largest absolute Gasteiger partial charge is 0.497 e. The first-order chi connectivity index (χ1) is 17.5. The number of nitrogens with zero attached hydrogens (tertiary/aromatic N) is 2. The number of hydrogen-bond donors (Lipinski definition) is 1. The summed E-state index contributed by atoms with van der Waals surface area (Å²) in [4.78, 5) is 19.6. The molecule has 0 spiro atoms. The molecule has 1 fully saturated rings. The SMILES string of the molecule is COc1ccc(-c2c(-c3ccccc3)oc3ncnc(OC4CC(F)CC(OCC(=O)O)C4)c23)cc1. The first-order valence-corrected chi connectivity index (χ1v) is 11.6. The number of alkyl halides is 1. The van der Waals surface area contributed by atoms with Crippen molar-refractivity contribution in [1.82, 2.24) is 9.97 Å². The van der Waals surface area contributed by atoms with Crippen LogP contribution in [0, 0.1) is 0 Å². The number of furan rings is 1. The van der Waals surface area contributed by atoms with Gasteiger partial charge in [0.15, 0.2) is 0 Å². The lowest BCUT2D eigenvalue weighted by Crippen LogP contribution is -2.36. The van der Waals surface area contributed by atoms with Crippen LogP contribution in [0.15, 0.2) is 65.3 Å². The van der Waals surface area contributed by atoms with Crippen molar-refractivity contribution in [1.29, 1.82) is 0 Å². The van der Waals surface area contributed by atoms with Crippen LogP contribution in [0.5, 0.6) is 11.6 Å². The molecule has 1 saturated carbocycles. The van der Waals surface area contributed by atoms with Crippen molar-refractivity contribution < 1.29 is 32.9 Å². The standard InChI is InChI=1S/C27H25FN2O6/c1-33-19-9-7-16(8-10-19)23-24-26(35-21-12-18(28)11-20(13-21)34-14-22(31)32)29-15-30-27(24)36-25(23)17-5-3-2-4-6-17/h2-10,15,18,20-21H,11-14H2,1H3,(H,31,32). The topological polar surface area (TPSA) is 104 Å². The van der Waals surface area contributed by atoms with Gasteiger partial charge in [-0.3, -0.25) is 0 Å². The zero-order valence-electron chi connectivity index (χ0n) is 19.6. The van der Waals surface area contributed by atoms with Gasteiger partial charge in [0.1, 0.15) is 42.1 Å². The molecule has 3 atom stereocenters. The highest BCUT2D eigenvalue weighted by atomic mass is 19.1. The summed E-state index contributed by atoms with van der Waals surface area (Å²) in [6, 6.07) is 17.2. The van der Waals surface area contributed by atoms with Gasteiger partial charge in [-0.25, -0.2) is 19.2 Å². The van der Waals surface area contributed by atoms with Crippen LogP contribution in [0.3, 0.4) is 0 Å². The van der Waals surface area contributed by atoms with E-state index in [2.05, 4.69) is 9.97 Å². The smallest absolute Gasteiger partial charge is 0.329 e. The van der Waals surface area contributed by atoms with E-state index in [-0.39, 0.29) is 18.7 Å². The monoisotopic (exact) mass is 492 g/mol. The van der Waals surface area contributed by atoms with E-state index in [1.54, 1.807) is 7.11 Å². The molecule has 0 aliphatic heterocycles. The summed E-state index contributed by atoms with van der Waals surface area (Å²) in [6.07, 6.45) is -0.304. The second kappa shape index (κ2) is 10.3. The summed E-state index contributed by atoms with van der Waals surface area (Å²) in [5.74, 6) is 0.495. The van der Waals surface area contributed by atoms with E-state index in [1.165, 1.54) is 6.33 Å². The van der Waals surface area contributed by atoms with Gasteiger partial charge in [0.25, 0.3) is 0 Å². The molecule has 0 radical (unpaired) electrons. The zero-order chi connectivity index (χ0) is 25.1. The quantitative estimate of drug-likeness (QED) is 0.353. The van der Waals surface area contributed by atoms with Crippen LogP contribution >= 0.6 is 0 Å². The summed E-state index contributed by atoms with van der Waals surface area (Å²) < 4.78 is 37.6. The number of hydrogen-bond acceptors (Lipinski definition) is 7. The van der Waals surface area contributed by atoms with Gasteiger partial charge in [-0.2, -0.15) is 0 Å². The maximum Gasteiger partial charge on any atom is 0.329 e. The Morgan fingerprint density at radius 2 is 1.78 bits per heavy atom. The van der Waals surface area contributed by atoms with Crippen molar-refractivity contribution in [3.8, 4) is 34.1 Å². The van der Waals surface area contributed by atoms with E-state index in [0.29, 0.717) is 29.0 Å². The van der Waals surface area contributed by atoms with Gasteiger partial charge in [-0.05, 0) is 17.7 Å². The lowest BCUT2D eigenvalue weighted by Gasteiger charge is -2.31. The number of carboxylic acid groups (broad SMARTS) is 1. The summed E-state index contributed by atoms with van der Waals surface area (Å²) in [7, 11) is 1.60. The molecular weight excluding hydrogens is 467 g/mol. The minimum atomic E-state index is -1.18. The van der Waals surface area contributed by atoms with E-state index in [0.717, 1.165) is 16.7 Å². The van der Waals surface area contributed by atoms with Crippen molar-refractivity contribution in [2.75, 3.05) is 13.7 Å². The molecule has 8 nitrogen and oxygen atoms in total. The molecule has 1 aliphatic carbocycles. The predicted molar refractivity (Wildman–Crippen MR) is 130 cm³/mol. The number of carboxylic acids is 1. The van der Waals surface area contributed by atoms with Crippen LogP contribution in [0.4, 0.5) is 4.39 Å². The van der Waals surface area contributed by atoms with E-state index in [9.17, 15) is 9.18 Å². The molecule has 4 aromatic rings. The molecule has 5 rings (SSSR count). The Hall–Kier alpha value is -3.98. The number of halogens is 1. The molecular formula is C27H25FN2O6. The molecule has 36 heavy (non-hydrogen) atoms. The highest BCUT2D eigenvalue weighted by Crippen LogP contribution is 2.44. The fourth-order valence-corrected chi connectivity index (χ4v) is 4.55. The third kappa shape index (κ3) is 5.01. The van der Waals surface area contributed by atoms with E-state index < -0.39 is 31.0 Å². The number of carbonyl (C=O) groups is 1. The average Bonchev–Trinajstić information content (AvgIpc) is 3.28.